The molecular weight excluding hydrogens is 298 g/mol. The Morgan fingerprint density at radius 1 is 0.667 bits per heavy atom. The van der Waals surface area contributed by atoms with Gasteiger partial charge in [0.15, 0.2) is 0 Å². The molecule has 0 aliphatic rings. The van der Waals surface area contributed by atoms with Gasteiger partial charge in [0.2, 0.25) is 0 Å². The number of rotatable bonds is 3. The van der Waals surface area contributed by atoms with Gasteiger partial charge in [-0.15, -0.1) is 0 Å². The SMILES string of the molecule is COc1ccc2ccccc2c1-c1c(OC)ccc2ncccc12. The second-order valence-electron chi connectivity index (χ2n) is 5.58. The summed E-state index contributed by atoms with van der Waals surface area (Å²) >= 11 is 0. The van der Waals surface area contributed by atoms with Gasteiger partial charge in [0.05, 0.1) is 19.7 Å². The van der Waals surface area contributed by atoms with Crippen LogP contribution in [0.5, 0.6) is 11.5 Å². The van der Waals surface area contributed by atoms with E-state index < -0.39 is 0 Å². The van der Waals surface area contributed by atoms with Gasteiger partial charge in [-0.25, -0.2) is 0 Å². The highest BCUT2D eigenvalue weighted by atomic mass is 16.5. The molecule has 0 aliphatic heterocycles. The third-order valence-electron chi connectivity index (χ3n) is 4.33. The van der Waals surface area contributed by atoms with Crippen LogP contribution >= 0.6 is 0 Å². The molecule has 0 amide bonds. The number of fused-ring (bicyclic) bond motifs is 2. The lowest BCUT2D eigenvalue weighted by Gasteiger charge is -2.17. The first-order chi connectivity index (χ1) is 11.8. The highest BCUT2D eigenvalue weighted by Crippen LogP contribution is 2.44. The van der Waals surface area contributed by atoms with Crippen LogP contribution in [-0.4, -0.2) is 19.2 Å². The van der Waals surface area contributed by atoms with Crippen LogP contribution in [0.25, 0.3) is 32.8 Å². The third kappa shape index (κ3) is 2.17. The molecule has 3 aromatic carbocycles. The summed E-state index contributed by atoms with van der Waals surface area (Å²) in [7, 11) is 3.39. The zero-order chi connectivity index (χ0) is 16.5. The minimum Gasteiger partial charge on any atom is -0.496 e. The van der Waals surface area contributed by atoms with Gasteiger partial charge in [-0.1, -0.05) is 36.4 Å². The number of hydrogen-bond donors (Lipinski definition) is 0. The molecule has 1 aromatic heterocycles. The Morgan fingerprint density at radius 2 is 1.33 bits per heavy atom. The highest BCUT2D eigenvalue weighted by molar-refractivity contribution is 6.09. The van der Waals surface area contributed by atoms with Gasteiger partial charge >= 0.3 is 0 Å². The largest absolute Gasteiger partial charge is 0.496 e. The fourth-order valence-electron chi connectivity index (χ4n) is 3.24. The smallest absolute Gasteiger partial charge is 0.127 e. The lowest BCUT2D eigenvalue weighted by atomic mass is 9.93. The topological polar surface area (TPSA) is 31.4 Å². The standard InChI is InChI=1S/C21H17NO2/c1-23-18-11-9-14-6-3-4-7-15(14)20(18)21-16-8-5-13-22-17(16)10-12-19(21)24-2/h3-13H,1-2H3. The summed E-state index contributed by atoms with van der Waals surface area (Å²) in [6.07, 6.45) is 1.80. The van der Waals surface area contributed by atoms with Crippen molar-refractivity contribution < 1.29 is 9.47 Å². The maximum Gasteiger partial charge on any atom is 0.127 e. The average molecular weight is 315 g/mol. The van der Waals surface area contributed by atoms with Gasteiger partial charge in [0, 0.05) is 22.7 Å². The number of nitrogens with zero attached hydrogens (tertiary/aromatic N) is 1. The summed E-state index contributed by atoms with van der Waals surface area (Å²) < 4.78 is 11.4. The normalized spacial score (nSPS) is 10.9. The number of pyridine rings is 1. The van der Waals surface area contributed by atoms with Crippen molar-refractivity contribution in [2.75, 3.05) is 14.2 Å². The van der Waals surface area contributed by atoms with Crippen LogP contribution < -0.4 is 9.47 Å². The van der Waals surface area contributed by atoms with E-state index in [1.165, 1.54) is 0 Å². The first-order valence-corrected chi connectivity index (χ1v) is 7.81. The van der Waals surface area contributed by atoms with Gasteiger partial charge < -0.3 is 9.47 Å². The minimum atomic E-state index is 0.810. The highest BCUT2D eigenvalue weighted by Gasteiger charge is 2.18. The van der Waals surface area contributed by atoms with Crippen LogP contribution in [0.4, 0.5) is 0 Å². The minimum absolute atomic E-state index is 0.810. The molecule has 3 nitrogen and oxygen atoms in total. The molecule has 0 aliphatic carbocycles. The molecule has 3 heteroatoms. The summed E-state index contributed by atoms with van der Waals surface area (Å²) in [4.78, 5) is 4.48. The molecule has 0 saturated heterocycles. The Morgan fingerprint density at radius 3 is 2.12 bits per heavy atom. The van der Waals surface area contributed by atoms with E-state index in [1.54, 1.807) is 20.4 Å². The van der Waals surface area contributed by atoms with Gasteiger partial charge in [-0.3, -0.25) is 4.98 Å². The van der Waals surface area contributed by atoms with E-state index in [4.69, 9.17) is 9.47 Å². The molecule has 0 fully saturated rings. The lowest BCUT2D eigenvalue weighted by Crippen LogP contribution is -1.95. The fourth-order valence-corrected chi connectivity index (χ4v) is 3.24. The van der Waals surface area contributed by atoms with E-state index in [9.17, 15) is 0 Å². The van der Waals surface area contributed by atoms with E-state index in [-0.39, 0.29) is 0 Å². The molecule has 24 heavy (non-hydrogen) atoms. The molecule has 0 bridgehead atoms. The summed E-state index contributed by atoms with van der Waals surface area (Å²) in [5, 5.41) is 3.34. The fraction of sp³-hybridized carbons (Fsp3) is 0.0952. The second-order valence-corrected chi connectivity index (χ2v) is 5.58. The van der Waals surface area contributed by atoms with Gasteiger partial charge in [0.25, 0.3) is 0 Å². The summed E-state index contributed by atoms with van der Waals surface area (Å²) in [6.45, 7) is 0. The first kappa shape index (κ1) is 14.5. The molecule has 0 unspecified atom stereocenters. The molecule has 0 spiro atoms. The Bertz CT molecular complexity index is 955. The summed E-state index contributed by atoms with van der Waals surface area (Å²) in [6, 6.07) is 20.4. The molecule has 0 saturated carbocycles. The lowest BCUT2D eigenvalue weighted by molar-refractivity contribution is 0.411. The van der Waals surface area contributed by atoms with Crippen LogP contribution in [0.1, 0.15) is 0 Å². The van der Waals surface area contributed by atoms with Crippen LogP contribution in [-0.2, 0) is 0 Å². The van der Waals surface area contributed by atoms with Gasteiger partial charge in [0.1, 0.15) is 11.5 Å². The van der Waals surface area contributed by atoms with Gasteiger partial charge in [-0.05, 0) is 35.0 Å². The van der Waals surface area contributed by atoms with Crippen molar-refractivity contribution in [2.45, 2.75) is 0 Å². The molecule has 0 atom stereocenters. The molecule has 118 valence electrons. The third-order valence-corrected chi connectivity index (χ3v) is 4.33. The maximum atomic E-state index is 5.68. The molecular formula is C21H17NO2. The Labute approximate surface area is 140 Å². The Balaban J connectivity index is 2.21. The zero-order valence-electron chi connectivity index (χ0n) is 13.6. The summed E-state index contributed by atoms with van der Waals surface area (Å²) in [5.74, 6) is 1.63. The molecule has 4 rings (SSSR count). The van der Waals surface area contributed by atoms with Crippen molar-refractivity contribution in [1.82, 2.24) is 4.98 Å². The number of hydrogen-bond acceptors (Lipinski definition) is 3. The predicted molar refractivity (Wildman–Crippen MR) is 97.8 cm³/mol. The van der Waals surface area contributed by atoms with E-state index in [2.05, 4.69) is 29.2 Å². The van der Waals surface area contributed by atoms with Crippen molar-refractivity contribution in [3.63, 3.8) is 0 Å². The van der Waals surface area contributed by atoms with Crippen molar-refractivity contribution in [3.05, 3.63) is 66.9 Å². The van der Waals surface area contributed by atoms with Crippen molar-refractivity contribution >= 4 is 21.7 Å². The zero-order valence-corrected chi connectivity index (χ0v) is 13.6. The van der Waals surface area contributed by atoms with Crippen LogP contribution in [0, 0.1) is 0 Å². The predicted octanol–water partition coefficient (Wildman–Crippen LogP) is 5.07. The van der Waals surface area contributed by atoms with Crippen LogP contribution in [0.2, 0.25) is 0 Å². The van der Waals surface area contributed by atoms with Crippen LogP contribution in [0.15, 0.2) is 66.9 Å². The van der Waals surface area contributed by atoms with Gasteiger partial charge in [-0.2, -0.15) is 0 Å². The van der Waals surface area contributed by atoms with E-state index in [0.717, 1.165) is 44.3 Å². The number of aromatic nitrogens is 1. The van der Waals surface area contributed by atoms with E-state index >= 15 is 0 Å². The molecule has 1 heterocycles. The molecule has 4 aromatic rings. The average Bonchev–Trinajstić information content (AvgIpc) is 2.66. The van der Waals surface area contributed by atoms with Crippen molar-refractivity contribution in [2.24, 2.45) is 0 Å². The van der Waals surface area contributed by atoms with Crippen LogP contribution in [0.3, 0.4) is 0 Å². The molecule has 0 N–H and O–H groups in total. The number of methoxy groups -OCH3 is 2. The second kappa shape index (κ2) is 5.85. The Hall–Kier alpha value is -3.07. The Kier molecular flexibility index (Phi) is 3.54. The number of ether oxygens (including phenoxy) is 2. The van der Waals surface area contributed by atoms with E-state index in [0.29, 0.717) is 0 Å². The number of benzene rings is 3. The van der Waals surface area contributed by atoms with E-state index in [1.807, 2.05) is 36.4 Å². The monoisotopic (exact) mass is 315 g/mol. The van der Waals surface area contributed by atoms with Crippen molar-refractivity contribution in [1.29, 1.82) is 0 Å². The quantitative estimate of drug-likeness (QED) is 0.529. The first-order valence-electron chi connectivity index (χ1n) is 7.81. The summed E-state index contributed by atoms with van der Waals surface area (Å²) in [5.41, 5.74) is 2.98. The molecule has 0 radical (unpaired) electrons. The maximum absolute atomic E-state index is 5.68. The van der Waals surface area contributed by atoms with Crippen molar-refractivity contribution in [3.8, 4) is 22.6 Å².